The number of carbonyl (C=O) groups excluding carboxylic acids is 1. The molecule has 1 rings (SSSR count). The van der Waals surface area contributed by atoms with E-state index in [2.05, 4.69) is 42.5 Å². The number of ether oxygens (including phenoxy) is 1. The zero-order chi connectivity index (χ0) is 13.4. The smallest absolute Gasteiger partial charge is 0.306 e. The van der Waals surface area contributed by atoms with Crippen molar-refractivity contribution in [2.75, 3.05) is 0 Å². The number of carbonyl (C=O) groups is 1. The van der Waals surface area contributed by atoms with Gasteiger partial charge < -0.3 is 4.74 Å². The summed E-state index contributed by atoms with van der Waals surface area (Å²) in [5, 5.41) is 0. The van der Waals surface area contributed by atoms with Crippen LogP contribution >= 0.6 is 22.6 Å². The Hall–Kier alpha value is -0.0600. The lowest BCUT2D eigenvalue weighted by Gasteiger charge is -2.16. The van der Waals surface area contributed by atoms with Crippen molar-refractivity contribution < 1.29 is 9.53 Å². The molecule has 3 heteroatoms. The molecule has 0 N–H and O–H groups in total. The minimum Gasteiger partial charge on any atom is -0.457 e. The van der Waals surface area contributed by atoms with E-state index in [-0.39, 0.29) is 12.1 Å². The van der Waals surface area contributed by atoms with Gasteiger partial charge in [-0.15, -0.1) is 0 Å². The van der Waals surface area contributed by atoms with Crippen LogP contribution in [0.25, 0.3) is 0 Å². The molecule has 0 radical (unpaired) electrons. The molecule has 0 aromatic rings. The number of hydrogen-bond acceptors (Lipinski definition) is 2. The van der Waals surface area contributed by atoms with Gasteiger partial charge in [0.2, 0.25) is 0 Å². The topological polar surface area (TPSA) is 26.3 Å². The van der Waals surface area contributed by atoms with E-state index in [0.29, 0.717) is 12.3 Å². The Morgan fingerprint density at radius 2 is 2.11 bits per heavy atom. The summed E-state index contributed by atoms with van der Waals surface area (Å²) in [6.07, 6.45) is 11.4. The third kappa shape index (κ3) is 5.29. The molecule has 1 aliphatic heterocycles. The highest BCUT2D eigenvalue weighted by Gasteiger charge is 2.35. The van der Waals surface area contributed by atoms with Gasteiger partial charge in [0, 0.05) is 9.50 Å². The Bertz CT molecular complexity index is 286. The second-order valence-electron chi connectivity index (χ2n) is 5.10. The molecular formula is C15H25IO2. The summed E-state index contributed by atoms with van der Waals surface area (Å²) in [5.41, 5.74) is 0. The van der Waals surface area contributed by atoms with Gasteiger partial charge in [-0.1, -0.05) is 45.6 Å². The Morgan fingerprint density at radius 3 is 2.78 bits per heavy atom. The molecule has 0 saturated carbocycles. The second-order valence-corrected chi connectivity index (χ2v) is 6.35. The van der Waals surface area contributed by atoms with Crippen molar-refractivity contribution in [3.05, 3.63) is 9.66 Å². The Kier molecular flexibility index (Phi) is 7.95. The lowest BCUT2D eigenvalue weighted by atomic mass is 9.95. The lowest BCUT2D eigenvalue weighted by molar-refractivity contribution is -0.140. The zero-order valence-electron chi connectivity index (χ0n) is 11.6. The van der Waals surface area contributed by atoms with Crippen molar-refractivity contribution in [3.8, 4) is 0 Å². The molecule has 1 aliphatic rings. The predicted molar refractivity (Wildman–Crippen MR) is 83.8 cm³/mol. The number of halogens is 1. The summed E-state index contributed by atoms with van der Waals surface area (Å²) in [4.78, 5) is 11.4. The van der Waals surface area contributed by atoms with Crippen molar-refractivity contribution in [2.45, 2.75) is 71.3 Å². The number of unbranched alkanes of at least 4 members (excludes halogenated alkanes) is 4. The summed E-state index contributed by atoms with van der Waals surface area (Å²) in [6.45, 7) is 4.40. The number of cyclic esters (lactones) is 1. The summed E-state index contributed by atoms with van der Waals surface area (Å²) in [7, 11) is 0. The molecule has 0 aromatic heterocycles. The minimum absolute atomic E-state index is 0.0213. The average Bonchev–Trinajstić information content (AvgIpc) is 2.70. The van der Waals surface area contributed by atoms with Crippen LogP contribution in [-0.4, -0.2) is 12.1 Å². The van der Waals surface area contributed by atoms with Crippen LogP contribution in [0, 0.1) is 5.92 Å². The zero-order valence-corrected chi connectivity index (χ0v) is 13.7. The first-order chi connectivity index (χ1) is 8.69. The van der Waals surface area contributed by atoms with Gasteiger partial charge in [-0.25, -0.2) is 0 Å². The van der Waals surface area contributed by atoms with Gasteiger partial charge in [-0.05, 0) is 41.9 Å². The maximum Gasteiger partial charge on any atom is 0.306 e. The quantitative estimate of drug-likeness (QED) is 0.344. The van der Waals surface area contributed by atoms with Crippen LogP contribution in [0.15, 0.2) is 9.66 Å². The van der Waals surface area contributed by atoms with Crippen LogP contribution in [0.3, 0.4) is 0 Å². The third-order valence-electron chi connectivity index (χ3n) is 3.44. The maximum atomic E-state index is 11.4. The fourth-order valence-corrected chi connectivity index (χ4v) is 3.39. The Balaban J connectivity index is 2.40. The van der Waals surface area contributed by atoms with Gasteiger partial charge >= 0.3 is 5.97 Å². The molecule has 2 atom stereocenters. The maximum absolute atomic E-state index is 11.4. The van der Waals surface area contributed by atoms with E-state index in [4.69, 9.17) is 4.74 Å². The number of rotatable bonds is 8. The fourth-order valence-electron chi connectivity index (χ4n) is 2.44. The van der Waals surface area contributed by atoms with Gasteiger partial charge in [0.05, 0.1) is 6.42 Å². The summed E-state index contributed by atoms with van der Waals surface area (Å²) in [6, 6.07) is 0. The van der Waals surface area contributed by atoms with Gasteiger partial charge in [-0.3, -0.25) is 4.79 Å². The molecule has 0 aliphatic carbocycles. The van der Waals surface area contributed by atoms with Crippen LogP contribution in [0.4, 0.5) is 0 Å². The highest BCUT2D eigenvalue weighted by molar-refractivity contribution is 14.1. The molecule has 0 unspecified atom stereocenters. The van der Waals surface area contributed by atoms with E-state index in [1.165, 1.54) is 29.3 Å². The molecular weight excluding hydrogens is 339 g/mol. The van der Waals surface area contributed by atoms with E-state index in [1.54, 1.807) is 0 Å². The number of esters is 1. The average molecular weight is 364 g/mol. The van der Waals surface area contributed by atoms with Crippen LogP contribution in [0.1, 0.15) is 65.2 Å². The number of allylic oxidation sites excluding steroid dienone is 1. The van der Waals surface area contributed by atoms with Crippen LogP contribution < -0.4 is 0 Å². The van der Waals surface area contributed by atoms with Crippen molar-refractivity contribution in [2.24, 2.45) is 5.92 Å². The summed E-state index contributed by atoms with van der Waals surface area (Å²) < 4.78 is 6.68. The molecule has 104 valence electrons. The number of hydrogen-bond donors (Lipinski definition) is 0. The van der Waals surface area contributed by atoms with Gasteiger partial charge in [0.15, 0.2) is 0 Å². The standard InChI is InChI=1S/C15H25IO2/c1-3-5-6-7-8-10-13(16)15-12(9-4-2)11-14(17)18-15/h10,12,15H,3-9,11H2,1-2H3/b13-10-/t12-,15-/m0/s1. The Labute approximate surface area is 125 Å². The van der Waals surface area contributed by atoms with Crippen LogP contribution in [0.2, 0.25) is 0 Å². The first kappa shape index (κ1) is 16.0. The van der Waals surface area contributed by atoms with Gasteiger partial charge in [0.25, 0.3) is 0 Å². The van der Waals surface area contributed by atoms with E-state index in [9.17, 15) is 4.79 Å². The SMILES string of the molecule is CCCCCC/C=C(\I)[C@H]1OC(=O)C[C@@H]1CCC. The van der Waals surface area contributed by atoms with Crippen molar-refractivity contribution in [3.63, 3.8) is 0 Å². The summed E-state index contributed by atoms with van der Waals surface area (Å²) >= 11 is 2.35. The highest BCUT2D eigenvalue weighted by Crippen LogP contribution is 2.34. The van der Waals surface area contributed by atoms with E-state index >= 15 is 0 Å². The van der Waals surface area contributed by atoms with Crippen LogP contribution in [0.5, 0.6) is 0 Å². The molecule has 1 saturated heterocycles. The molecule has 2 nitrogen and oxygen atoms in total. The largest absolute Gasteiger partial charge is 0.457 e. The van der Waals surface area contributed by atoms with E-state index in [1.807, 2.05) is 0 Å². The highest BCUT2D eigenvalue weighted by atomic mass is 127. The fraction of sp³-hybridized carbons (Fsp3) is 0.800. The normalized spacial score (nSPS) is 24.4. The van der Waals surface area contributed by atoms with Crippen LogP contribution in [-0.2, 0) is 9.53 Å². The van der Waals surface area contributed by atoms with Crippen molar-refractivity contribution >= 4 is 28.6 Å². The Morgan fingerprint density at radius 1 is 1.33 bits per heavy atom. The van der Waals surface area contributed by atoms with Crippen molar-refractivity contribution in [1.29, 1.82) is 0 Å². The van der Waals surface area contributed by atoms with Gasteiger partial charge in [-0.2, -0.15) is 0 Å². The van der Waals surface area contributed by atoms with Gasteiger partial charge in [0.1, 0.15) is 6.10 Å². The summed E-state index contributed by atoms with van der Waals surface area (Å²) in [5.74, 6) is 0.383. The molecule has 1 heterocycles. The van der Waals surface area contributed by atoms with E-state index in [0.717, 1.165) is 19.3 Å². The predicted octanol–water partition coefficient (Wildman–Crippen LogP) is 5.01. The van der Waals surface area contributed by atoms with Crippen molar-refractivity contribution in [1.82, 2.24) is 0 Å². The van der Waals surface area contributed by atoms with E-state index < -0.39 is 0 Å². The monoisotopic (exact) mass is 364 g/mol. The minimum atomic E-state index is -0.0213. The third-order valence-corrected chi connectivity index (χ3v) is 4.50. The molecule has 18 heavy (non-hydrogen) atoms. The first-order valence-electron chi connectivity index (χ1n) is 7.24. The first-order valence-corrected chi connectivity index (χ1v) is 8.31. The molecule has 1 fully saturated rings. The molecule has 0 spiro atoms. The lowest BCUT2D eigenvalue weighted by Crippen LogP contribution is -2.16. The molecule has 0 amide bonds. The second kappa shape index (κ2) is 8.94. The molecule has 0 aromatic carbocycles. The molecule has 0 bridgehead atoms.